The Labute approximate surface area is 188 Å². The van der Waals surface area contributed by atoms with Gasteiger partial charge in [-0.15, -0.1) is 0 Å². The molecule has 2 aromatic rings. The molecule has 172 valence electrons. The van der Waals surface area contributed by atoms with Crippen LogP contribution in [0.5, 0.6) is 0 Å². The lowest BCUT2D eigenvalue weighted by atomic mass is 10.1. The molecule has 1 N–H and O–H groups in total. The first-order chi connectivity index (χ1) is 15.1. The van der Waals surface area contributed by atoms with Crippen LogP contribution >= 0.6 is 0 Å². The van der Waals surface area contributed by atoms with Gasteiger partial charge in [-0.2, -0.15) is 4.31 Å². The van der Waals surface area contributed by atoms with E-state index in [0.29, 0.717) is 48.7 Å². The van der Waals surface area contributed by atoms with Crippen molar-refractivity contribution in [2.45, 2.75) is 18.2 Å². The van der Waals surface area contributed by atoms with Gasteiger partial charge >= 0.3 is 0 Å². The molecule has 2 aliphatic rings. The normalized spacial score (nSPS) is 17.2. The van der Waals surface area contributed by atoms with E-state index in [1.807, 2.05) is 0 Å². The predicted molar refractivity (Wildman–Crippen MR) is 121 cm³/mol. The van der Waals surface area contributed by atoms with Crippen LogP contribution in [0.2, 0.25) is 0 Å². The Morgan fingerprint density at radius 1 is 1.00 bits per heavy atom. The monoisotopic (exact) mass is 479 g/mol. The highest BCUT2D eigenvalue weighted by atomic mass is 32.2. The van der Waals surface area contributed by atoms with Crippen molar-refractivity contribution in [1.82, 2.24) is 4.31 Å². The van der Waals surface area contributed by atoms with Gasteiger partial charge in [0.25, 0.3) is 5.91 Å². The number of nitrogens with zero attached hydrogens (tertiary/aromatic N) is 2. The van der Waals surface area contributed by atoms with Gasteiger partial charge in [-0.3, -0.25) is 9.10 Å². The van der Waals surface area contributed by atoms with Gasteiger partial charge in [-0.05, 0) is 54.8 Å². The number of nitrogens with one attached hydrogen (secondary N) is 1. The zero-order valence-electron chi connectivity index (χ0n) is 17.9. The van der Waals surface area contributed by atoms with Crippen LogP contribution in [-0.2, 0) is 31.2 Å². The van der Waals surface area contributed by atoms with E-state index in [9.17, 15) is 21.6 Å². The highest BCUT2D eigenvalue weighted by Gasteiger charge is 2.29. The van der Waals surface area contributed by atoms with Crippen LogP contribution in [-0.4, -0.2) is 66.2 Å². The number of carbonyl (C=O) groups is 1. The van der Waals surface area contributed by atoms with Gasteiger partial charge in [0.1, 0.15) is 0 Å². The van der Waals surface area contributed by atoms with E-state index in [1.54, 1.807) is 37.3 Å². The van der Waals surface area contributed by atoms with E-state index in [1.165, 1.54) is 14.7 Å². The second-order valence-corrected chi connectivity index (χ2v) is 11.7. The Hall–Kier alpha value is -2.47. The fourth-order valence-electron chi connectivity index (χ4n) is 3.94. The summed E-state index contributed by atoms with van der Waals surface area (Å²) in [4.78, 5) is 13.0. The van der Waals surface area contributed by atoms with E-state index in [-0.39, 0.29) is 18.0 Å². The van der Waals surface area contributed by atoms with Crippen LogP contribution < -0.4 is 9.62 Å². The van der Waals surface area contributed by atoms with Crippen LogP contribution in [0.4, 0.5) is 11.4 Å². The SMILES string of the molecule is Cc1ccc(NC(=O)c2ccc3c(c2)CCN3S(C)(=O)=O)cc1S(=O)(=O)N1CCOCC1. The van der Waals surface area contributed by atoms with E-state index < -0.39 is 26.0 Å². The number of rotatable bonds is 5. The number of fused-ring (bicyclic) bond motifs is 1. The molecule has 9 nitrogen and oxygen atoms in total. The third-order valence-electron chi connectivity index (χ3n) is 5.63. The van der Waals surface area contributed by atoms with Crippen LogP contribution in [0, 0.1) is 6.92 Å². The van der Waals surface area contributed by atoms with Crippen molar-refractivity contribution in [3.05, 3.63) is 53.1 Å². The fraction of sp³-hybridized carbons (Fsp3) is 0.381. The van der Waals surface area contributed by atoms with Crippen LogP contribution in [0.15, 0.2) is 41.3 Å². The summed E-state index contributed by atoms with van der Waals surface area (Å²) in [5.41, 5.74) is 2.69. The molecule has 11 heteroatoms. The van der Waals surface area contributed by atoms with Crippen molar-refractivity contribution in [2.24, 2.45) is 0 Å². The third-order valence-corrected chi connectivity index (χ3v) is 8.85. The van der Waals surface area contributed by atoms with Crippen molar-refractivity contribution in [1.29, 1.82) is 0 Å². The van der Waals surface area contributed by atoms with Gasteiger partial charge in [0.05, 0.1) is 30.1 Å². The molecule has 32 heavy (non-hydrogen) atoms. The zero-order valence-corrected chi connectivity index (χ0v) is 19.5. The molecule has 1 amide bonds. The summed E-state index contributed by atoms with van der Waals surface area (Å²) in [7, 11) is -7.07. The fourth-order valence-corrected chi connectivity index (χ4v) is 6.56. The predicted octanol–water partition coefficient (Wildman–Crippen LogP) is 1.59. The van der Waals surface area contributed by atoms with Gasteiger partial charge in [-0.1, -0.05) is 6.07 Å². The largest absolute Gasteiger partial charge is 0.379 e. The Bertz CT molecular complexity index is 1270. The number of sulfonamides is 2. The minimum absolute atomic E-state index is 0.148. The highest BCUT2D eigenvalue weighted by molar-refractivity contribution is 7.92. The lowest BCUT2D eigenvalue weighted by molar-refractivity contribution is 0.0730. The van der Waals surface area contributed by atoms with E-state index in [4.69, 9.17) is 4.74 Å². The van der Waals surface area contributed by atoms with Crippen molar-refractivity contribution in [3.8, 4) is 0 Å². The maximum atomic E-state index is 13.1. The lowest BCUT2D eigenvalue weighted by Crippen LogP contribution is -2.40. The quantitative estimate of drug-likeness (QED) is 0.697. The molecule has 1 fully saturated rings. The van der Waals surface area contributed by atoms with Crippen molar-refractivity contribution in [2.75, 3.05) is 48.7 Å². The van der Waals surface area contributed by atoms with Crippen LogP contribution in [0.1, 0.15) is 21.5 Å². The van der Waals surface area contributed by atoms with E-state index >= 15 is 0 Å². The zero-order chi connectivity index (χ0) is 23.1. The molecule has 1 saturated heterocycles. The average Bonchev–Trinajstić information content (AvgIpc) is 3.19. The standard InChI is InChI=1S/C21H25N3O6S2/c1-15-3-5-18(14-20(15)32(28,29)23-9-11-30-12-10-23)22-21(25)17-4-6-19-16(13-17)7-8-24(19)31(2,26)27/h3-6,13-14H,7-12H2,1-2H3,(H,22,25). The maximum absolute atomic E-state index is 13.1. The van der Waals surface area contributed by atoms with Crippen molar-refractivity contribution >= 4 is 37.3 Å². The maximum Gasteiger partial charge on any atom is 0.255 e. The van der Waals surface area contributed by atoms with Crippen LogP contribution in [0.25, 0.3) is 0 Å². The molecule has 0 atom stereocenters. The molecule has 0 spiro atoms. The first-order valence-corrected chi connectivity index (χ1v) is 13.5. The number of hydrogen-bond donors (Lipinski definition) is 1. The van der Waals surface area contributed by atoms with E-state index in [0.717, 1.165) is 11.8 Å². The summed E-state index contributed by atoms with van der Waals surface area (Å²) in [6.45, 7) is 3.34. The Morgan fingerprint density at radius 2 is 1.72 bits per heavy atom. The van der Waals surface area contributed by atoms with Gasteiger partial charge < -0.3 is 10.1 Å². The molecule has 0 unspecified atom stereocenters. The molecule has 0 bridgehead atoms. The minimum Gasteiger partial charge on any atom is -0.379 e. The summed E-state index contributed by atoms with van der Waals surface area (Å²) in [6.07, 6.45) is 1.68. The second kappa shape index (κ2) is 8.47. The molecule has 2 aromatic carbocycles. The summed E-state index contributed by atoms with van der Waals surface area (Å²) in [6, 6.07) is 9.66. The molecular weight excluding hydrogens is 454 g/mol. The van der Waals surface area contributed by atoms with Gasteiger partial charge in [0.15, 0.2) is 0 Å². The van der Waals surface area contributed by atoms with Crippen LogP contribution in [0.3, 0.4) is 0 Å². The minimum atomic E-state index is -3.70. The lowest BCUT2D eigenvalue weighted by Gasteiger charge is -2.26. The summed E-state index contributed by atoms with van der Waals surface area (Å²) in [5.74, 6) is -0.399. The molecule has 0 saturated carbocycles. The molecule has 2 heterocycles. The molecule has 0 radical (unpaired) electrons. The molecule has 2 aliphatic heterocycles. The van der Waals surface area contributed by atoms with Gasteiger partial charge in [0, 0.05) is 30.9 Å². The first kappa shape index (κ1) is 22.7. The molecule has 0 aliphatic carbocycles. The number of aryl methyl sites for hydroxylation is 1. The number of amides is 1. The second-order valence-electron chi connectivity index (χ2n) is 7.88. The number of morpholine rings is 1. The Balaban J connectivity index is 1.56. The summed E-state index contributed by atoms with van der Waals surface area (Å²) in [5, 5.41) is 2.76. The Morgan fingerprint density at radius 3 is 2.41 bits per heavy atom. The molecular formula is C21H25N3O6S2. The topological polar surface area (TPSA) is 113 Å². The average molecular weight is 480 g/mol. The number of hydrogen-bond acceptors (Lipinski definition) is 6. The third kappa shape index (κ3) is 4.38. The first-order valence-electron chi connectivity index (χ1n) is 10.2. The molecule has 0 aromatic heterocycles. The number of benzene rings is 2. The smallest absolute Gasteiger partial charge is 0.255 e. The highest BCUT2D eigenvalue weighted by Crippen LogP contribution is 2.31. The van der Waals surface area contributed by atoms with Gasteiger partial charge in [-0.25, -0.2) is 16.8 Å². The molecule has 4 rings (SSSR count). The van der Waals surface area contributed by atoms with Crippen molar-refractivity contribution in [3.63, 3.8) is 0 Å². The Kier molecular flexibility index (Phi) is 6.01. The van der Waals surface area contributed by atoms with Gasteiger partial charge in [0.2, 0.25) is 20.0 Å². The number of carbonyl (C=O) groups excluding carboxylic acids is 1. The summed E-state index contributed by atoms with van der Waals surface area (Å²) >= 11 is 0. The number of anilines is 2. The van der Waals surface area contributed by atoms with Crippen molar-refractivity contribution < 1.29 is 26.4 Å². The van der Waals surface area contributed by atoms with E-state index in [2.05, 4.69) is 5.32 Å². The summed E-state index contributed by atoms with van der Waals surface area (Å²) < 4.78 is 57.9. The number of ether oxygens (including phenoxy) is 1.